The molecule has 3 aromatic rings. The molecule has 158 valence electrons. The zero-order valence-electron chi connectivity index (χ0n) is 17.3. The maximum absolute atomic E-state index is 12.3. The first-order valence-corrected chi connectivity index (χ1v) is 9.82. The normalized spacial score (nSPS) is 11.3. The lowest BCUT2D eigenvalue weighted by Crippen LogP contribution is -2.31. The first kappa shape index (κ1) is 21.8. The zero-order valence-corrected chi connectivity index (χ0v) is 17.3. The molecule has 0 saturated carbocycles. The second-order valence-corrected chi connectivity index (χ2v) is 6.91. The van der Waals surface area contributed by atoms with E-state index in [0.717, 1.165) is 11.1 Å². The highest BCUT2D eigenvalue weighted by atomic mass is 16.6. The van der Waals surface area contributed by atoms with Crippen molar-refractivity contribution >= 4 is 23.3 Å². The highest BCUT2D eigenvalue weighted by Gasteiger charge is 2.19. The summed E-state index contributed by atoms with van der Waals surface area (Å²) in [5, 5.41) is 2.64. The van der Waals surface area contributed by atoms with Gasteiger partial charge < -0.3 is 14.8 Å². The number of ketones is 1. The number of hydrogen-bond acceptors (Lipinski definition) is 5. The molecule has 0 aliphatic rings. The van der Waals surface area contributed by atoms with Crippen molar-refractivity contribution in [3.05, 3.63) is 84.4 Å². The van der Waals surface area contributed by atoms with Crippen LogP contribution in [-0.2, 0) is 14.3 Å². The second kappa shape index (κ2) is 10.2. The first-order chi connectivity index (χ1) is 14.9. The van der Waals surface area contributed by atoms with Crippen LogP contribution >= 0.6 is 0 Å². The topological polar surface area (TPSA) is 81.7 Å². The quantitative estimate of drug-likeness (QED) is 0.431. The number of benzene rings is 3. The minimum Gasteiger partial charge on any atom is -0.481 e. The Morgan fingerprint density at radius 3 is 2.35 bits per heavy atom. The molecule has 31 heavy (non-hydrogen) atoms. The maximum Gasteiger partial charge on any atom is 0.344 e. The van der Waals surface area contributed by atoms with Crippen molar-refractivity contribution < 1.29 is 23.9 Å². The van der Waals surface area contributed by atoms with E-state index in [1.807, 2.05) is 48.5 Å². The Morgan fingerprint density at radius 1 is 0.903 bits per heavy atom. The van der Waals surface area contributed by atoms with Crippen LogP contribution in [0.4, 0.5) is 5.69 Å². The highest BCUT2D eigenvalue weighted by molar-refractivity contribution is 5.98. The Hall–Kier alpha value is -3.93. The van der Waals surface area contributed by atoms with Gasteiger partial charge in [-0.15, -0.1) is 0 Å². The lowest BCUT2D eigenvalue weighted by atomic mass is 10.1. The Morgan fingerprint density at radius 2 is 1.61 bits per heavy atom. The fraction of sp³-hybridized carbons (Fsp3) is 0.160. The molecule has 6 heteroatoms. The third-order valence-corrected chi connectivity index (χ3v) is 4.53. The molecule has 0 aliphatic carbocycles. The molecule has 3 rings (SSSR count). The van der Waals surface area contributed by atoms with Crippen molar-refractivity contribution in [3.8, 4) is 16.9 Å². The molecule has 0 radical (unpaired) electrons. The van der Waals surface area contributed by atoms with E-state index in [0.29, 0.717) is 17.0 Å². The summed E-state index contributed by atoms with van der Waals surface area (Å²) in [7, 11) is 0. The SMILES string of the molecule is CC(=O)c1cccc(NC(=O)C(C)OC(=O)COc2ccccc2-c2ccccc2)c1. The second-order valence-electron chi connectivity index (χ2n) is 6.91. The molecular formula is C25H23NO5. The molecule has 1 amide bonds. The number of esters is 1. The largest absolute Gasteiger partial charge is 0.481 e. The molecule has 1 N–H and O–H groups in total. The average molecular weight is 417 g/mol. The summed E-state index contributed by atoms with van der Waals surface area (Å²) in [6.45, 7) is 2.59. The van der Waals surface area contributed by atoms with Crippen molar-refractivity contribution in [3.63, 3.8) is 0 Å². The summed E-state index contributed by atoms with van der Waals surface area (Å²) < 4.78 is 10.8. The van der Waals surface area contributed by atoms with E-state index >= 15 is 0 Å². The van der Waals surface area contributed by atoms with Crippen LogP contribution in [0, 0.1) is 0 Å². The third-order valence-electron chi connectivity index (χ3n) is 4.53. The number of amides is 1. The lowest BCUT2D eigenvalue weighted by Gasteiger charge is -2.15. The number of anilines is 1. The molecule has 1 atom stereocenters. The van der Waals surface area contributed by atoms with Crippen LogP contribution in [0.3, 0.4) is 0 Å². The Kier molecular flexibility index (Phi) is 7.17. The van der Waals surface area contributed by atoms with Crippen molar-refractivity contribution in [2.24, 2.45) is 0 Å². The van der Waals surface area contributed by atoms with E-state index in [-0.39, 0.29) is 12.4 Å². The van der Waals surface area contributed by atoms with Gasteiger partial charge in [-0.1, -0.05) is 60.7 Å². The molecule has 0 aromatic heterocycles. The Balaban J connectivity index is 1.56. The minimum absolute atomic E-state index is 0.108. The van der Waals surface area contributed by atoms with Gasteiger partial charge in [-0.05, 0) is 37.6 Å². The average Bonchev–Trinajstić information content (AvgIpc) is 2.78. The summed E-state index contributed by atoms with van der Waals surface area (Å²) in [5.41, 5.74) is 2.75. The summed E-state index contributed by atoms with van der Waals surface area (Å²) in [5.74, 6) is -0.728. The third kappa shape index (κ3) is 6.02. The highest BCUT2D eigenvalue weighted by Crippen LogP contribution is 2.29. The molecule has 0 aliphatic heterocycles. The van der Waals surface area contributed by atoms with E-state index in [1.54, 1.807) is 30.3 Å². The number of carbonyl (C=O) groups excluding carboxylic acids is 3. The van der Waals surface area contributed by atoms with Gasteiger partial charge in [0.05, 0.1) is 0 Å². The van der Waals surface area contributed by atoms with Gasteiger partial charge in [0, 0.05) is 16.8 Å². The van der Waals surface area contributed by atoms with Crippen LogP contribution < -0.4 is 10.1 Å². The summed E-state index contributed by atoms with van der Waals surface area (Å²) in [4.78, 5) is 36.0. The predicted molar refractivity (Wildman–Crippen MR) is 118 cm³/mol. The molecule has 6 nitrogen and oxygen atoms in total. The molecule has 0 spiro atoms. The van der Waals surface area contributed by atoms with Gasteiger partial charge in [0.1, 0.15) is 5.75 Å². The van der Waals surface area contributed by atoms with Crippen molar-refractivity contribution in [2.45, 2.75) is 20.0 Å². The zero-order chi connectivity index (χ0) is 22.2. The van der Waals surface area contributed by atoms with Crippen LogP contribution in [0.15, 0.2) is 78.9 Å². The number of carbonyl (C=O) groups is 3. The molecule has 3 aromatic carbocycles. The summed E-state index contributed by atoms with van der Waals surface area (Å²) >= 11 is 0. The predicted octanol–water partition coefficient (Wildman–Crippen LogP) is 4.51. The first-order valence-electron chi connectivity index (χ1n) is 9.82. The van der Waals surface area contributed by atoms with Crippen LogP contribution in [0.5, 0.6) is 5.75 Å². The Bertz CT molecular complexity index is 1080. The van der Waals surface area contributed by atoms with Crippen molar-refractivity contribution in [1.29, 1.82) is 0 Å². The number of nitrogens with one attached hydrogen (secondary N) is 1. The van der Waals surface area contributed by atoms with Gasteiger partial charge in [-0.2, -0.15) is 0 Å². The number of para-hydroxylation sites is 1. The van der Waals surface area contributed by atoms with Crippen molar-refractivity contribution in [2.75, 3.05) is 11.9 Å². The molecular weight excluding hydrogens is 394 g/mol. The Labute approximate surface area is 180 Å². The monoisotopic (exact) mass is 417 g/mol. The number of ether oxygens (including phenoxy) is 2. The van der Waals surface area contributed by atoms with Gasteiger partial charge >= 0.3 is 5.97 Å². The number of rotatable bonds is 8. The smallest absolute Gasteiger partial charge is 0.344 e. The molecule has 0 saturated heterocycles. The standard InChI is InChI=1S/C25H23NO5/c1-17(27)20-11-8-12-21(15-20)26-25(29)18(2)31-24(28)16-30-23-14-7-6-13-22(23)19-9-4-3-5-10-19/h3-15,18H,16H2,1-2H3,(H,26,29). The van der Waals surface area contributed by atoms with E-state index < -0.39 is 18.0 Å². The maximum atomic E-state index is 12.3. The summed E-state index contributed by atoms with van der Waals surface area (Å²) in [6.07, 6.45) is -1.03. The van der Waals surface area contributed by atoms with E-state index in [1.165, 1.54) is 13.8 Å². The summed E-state index contributed by atoms with van der Waals surface area (Å²) in [6, 6.07) is 23.6. The van der Waals surface area contributed by atoms with Gasteiger partial charge in [-0.3, -0.25) is 9.59 Å². The fourth-order valence-electron chi connectivity index (χ4n) is 2.93. The van der Waals surface area contributed by atoms with Gasteiger partial charge in [0.25, 0.3) is 5.91 Å². The van der Waals surface area contributed by atoms with E-state index in [4.69, 9.17) is 9.47 Å². The van der Waals surface area contributed by atoms with Crippen LogP contribution in [0.25, 0.3) is 11.1 Å². The van der Waals surface area contributed by atoms with Crippen LogP contribution in [-0.4, -0.2) is 30.4 Å². The lowest BCUT2D eigenvalue weighted by molar-refractivity contribution is -0.155. The van der Waals surface area contributed by atoms with E-state index in [2.05, 4.69) is 5.32 Å². The molecule has 0 heterocycles. The minimum atomic E-state index is -1.03. The molecule has 1 unspecified atom stereocenters. The fourth-order valence-corrected chi connectivity index (χ4v) is 2.93. The van der Waals surface area contributed by atoms with Gasteiger partial charge in [0.15, 0.2) is 18.5 Å². The van der Waals surface area contributed by atoms with Crippen molar-refractivity contribution in [1.82, 2.24) is 0 Å². The van der Waals surface area contributed by atoms with Gasteiger partial charge in [0.2, 0.25) is 0 Å². The van der Waals surface area contributed by atoms with Gasteiger partial charge in [-0.25, -0.2) is 4.79 Å². The van der Waals surface area contributed by atoms with Crippen LogP contribution in [0.2, 0.25) is 0 Å². The molecule has 0 bridgehead atoms. The molecule has 0 fully saturated rings. The number of hydrogen-bond donors (Lipinski definition) is 1. The van der Waals surface area contributed by atoms with Crippen LogP contribution in [0.1, 0.15) is 24.2 Å². The number of Topliss-reactive ketones (excluding diaryl/α,β-unsaturated/α-hetero) is 1. The van der Waals surface area contributed by atoms with E-state index in [9.17, 15) is 14.4 Å².